The Balaban J connectivity index is 1.60. The van der Waals surface area contributed by atoms with Crippen LogP contribution in [0, 0.1) is 23.7 Å². The molecule has 2 unspecified atom stereocenters. The minimum Gasteiger partial charge on any atom is -0.395 e. The van der Waals surface area contributed by atoms with Crippen LogP contribution < -0.4 is 0 Å². The molecule has 32 heavy (non-hydrogen) atoms. The standard InChI is InChI=1S/C28H46N2OS/c1-5-15-30(16-17-31)20-22(4)18-25(23-9-7-6-8-10-23)12-14-28-29-26-13-11-24(21(2)3)19-27(26)32-28/h11,13,21,23-25,31H,4-10,12,14-20H2,1-3H3. The lowest BCUT2D eigenvalue weighted by Crippen LogP contribution is -2.30. The Morgan fingerprint density at radius 3 is 2.72 bits per heavy atom. The summed E-state index contributed by atoms with van der Waals surface area (Å²) in [4.78, 5) is 8.88. The molecule has 1 saturated carbocycles. The number of aromatic nitrogens is 1. The van der Waals surface area contributed by atoms with Crippen LogP contribution in [0.25, 0.3) is 6.08 Å². The summed E-state index contributed by atoms with van der Waals surface area (Å²) in [6.07, 6.45) is 17.4. The van der Waals surface area contributed by atoms with Gasteiger partial charge in [-0.15, -0.1) is 11.3 Å². The van der Waals surface area contributed by atoms with Crippen LogP contribution >= 0.6 is 11.3 Å². The van der Waals surface area contributed by atoms with Crippen molar-refractivity contribution in [2.45, 2.75) is 85.0 Å². The molecular formula is C28H46N2OS. The molecule has 180 valence electrons. The van der Waals surface area contributed by atoms with Crippen LogP contribution in [0.1, 0.15) is 87.7 Å². The van der Waals surface area contributed by atoms with Crippen molar-refractivity contribution in [3.8, 4) is 0 Å². The number of aliphatic hydroxyl groups excluding tert-OH is 1. The van der Waals surface area contributed by atoms with Gasteiger partial charge in [0.05, 0.1) is 17.3 Å². The average molecular weight is 459 g/mol. The van der Waals surface area contributed by atoms with E-state index in [0.717, 1.165) is 50.7 Å². The Morgan fingerprint density at radius 1 is 1.25 bits per heavy atom. The molecule has 2 aliphatic carbocycles. The van der Waals surface area contributed by atoms with Gasteiger partial charge in [0.2, 0.25) is 0 Å². The van der Waals surface area contributed by atoms with E-state index in [2.05, 4.69) is 44.4 Å². The third-order valence-corrected chi connectivity index (χ3v) is 8.70. The summed E-state index contributed by atoms with van der Waals surface area (Å²) >= 11 is 1.97. The fourth-order valence-electron chi connectivity index (χ4n) is 5.65. The topological polar surface area (TPSA) is 36.4 Å². The lowest BCUT2D eigenvalue weighted by Gasteiger charge is -2.32. The summed E-state index contributed by atoms with van der Waals surface area (Å²) in [5, 5.41) is 10.7. The van der Waals surface area contributed by atoms with Crippen LogP contribution in [0.4, 0.5) is 0 Å². The maximum Gasteiger partial charge on any atom is 0.0935 e. The van der Waals surface area contributed by atoms with Crippen molar-refractivity contribution in [3.63, 3.8) is 0 Å². The van der Waals surface area contributed by atoms with E-state index in [1.54, 1.807) is 0 Å². The SMILES string of the molecule is C=C(CC(CCc1nc2c(s1)CC(C(C)C)C=C2)C1CCCCC1)CN(CCC)CCO. The van der Waals surface area contributed by atoms with E-state index in [9.17, 15) is 5.11 Å². The number of hydrogen-bond donors (Lipinski definition) is 1. The zero-order valence-corrected chi connectivity index (χ0v) is 21.6. The minimum absolute atomic E-state index is 0.236. The number of thiazole rings is 1. The Kier molecular flexibility index (Phi) is 10.5. The Bertz CT molecular complexity index is 726. The molecule has 0 saturated heterocycles. The van der Waals surface area contributed by atoms with Crippen molar-refractivity contribution in [1.29, 1.82) is 0 Å². The van der Waals surface area contributed by atoms with Gasteiger partial charge in [-0.3, -0.25) is 4.90 Å². The highest BCUT2D eigenvalue weighted by Crippen LogP contribution is 2.37. The maximum atomic E-state index is 9.41. The smallest absolute Gasteiger partial charge is 0.0935 e. The second kappa shape index (κ2) is 13.1. The Hall–Kier alpha value is -0.970. The minimum atomic E-state index is 0.236. The summed E-state index contributed by atoms with van der Waals surface area (Å²) in [5.41, 5.74) is 2.59. The number of fused-ring (bicyclic) bond motifs is 1. The van der Waals surface area contributed by atoms with Gasteiger partial charge in [-0.2, -0.15) is 0 Å². The molecule has 0 radical (unpaired) electrons. The first-order valence-corrected chi connectivity index (χ1v) is 14.0. The van der Waals surface area contributed by atoms with E-state index in [1.807, 2.05) is 11.3 Å². The summed E-state index contributed by atoms with van der Waals surface area (Å²) in [5.74, 6) is 2.93. The first-order valence-electron chi connectivity index (χ1n) is 13.2. The lowest BCUT2D eigenvalue weighted by molar-refractivity contribution is 0.197. The first-order chi connectivity index (χ1) is 15.5. The number of nitrogens with zero attached hydrogens (tertiary/aromatic N) is 2. The van der Waals surface area contributed by atoms with Crippen LogP contribution in [-0.2, 0) is 12.8 Å². The second-order valence-electron chi connectivity index (χ2n) is 10.5. The normalized spacial score (nSPS) is 20.1. The zero-order chi connectivity index (χ0) is 22.9. The van der Waals surface area contributed by atoms with E-state index in [1.165, 1.54) is 66.1 Å². The monoisotopic (exact) mass is 458 g/mol. The zero-order valence-electron chi connectivity index (χ0n) is 20.8. The molecule has 3 nitrogen and oxygen atoms in total. The van der Waals surface area contributed by atoms with Crippen molar-refractivity contribution in [3.05, 3.63) is 33.8 Å². The molecule has 0 bridgehead atoms. The van der Waals surface area contributed by atoms with Crippen LogP contribution in [0.2, 0.25) is 0 Å². The van der Waals surface area contributed by atoms with Crippen molar-refractivity contribution in [1.82, 2.24) is 9.88 Å². The number of aliphatic hydroxyl groups is 1. The molecule has 1 heterocycles. The van der Waals surface area contributed by atoms with Crippen molar-refractivity contribution in [2.24, 2.45) is 23.7 Å². The number of hydrogen-bond acceptors (Lipinski definition) is 4. The molecule has 0 aromatic carbocycles. The first kappa shape index (κ1) is 25.6. The van der Waals surface area contributed by atoms with Gasteiger partial charge in [-0.1, -0.05) is 71.1 Å². The predicted molar refractivity (Wildman–Crippen MR) is 139 cm³/mol. The van der Waals surface area contributed by atoms with Crippen LogP contribution in [0.15, 0.2) is 18.2 Å². The second-order valence-corrected chi connectivity index (χ2v) is 11.7. The summed E-state index contributed by atoms with van der Waals surface area (Å²) in [6, 6.07) is 0. The molecule has 3 rings (SSSR count). The van der Waals surface area contributed by atoms with Crippen LogP contribution in [0.5, 0.6) is 0 Å². The van der Waals surface area contributed by atoms with Gasteiger partial charge in [-0.05, 0) is 68.4 Å². The molecule has 2 atom stereocenters. The van der Waals surface area contributed by atoms with Gasteiger partial charge in [0.1, 0.15) is 0 Å². The number of allylic oxidation sites excluding steroid dienone is 1. The van der Waals surface area contributed by atoms with Crippen molar-refractivity contribution >= 4 is 17.4 Å². The average Bonchev–Trinajstić information content (AvgIpc) is 3.19. The third kappa shape index (κ3) is 7.53. The van der Waals surface area contributed by atoms with E-state index in [0.29, 0.717) is 11.8 Å². The van der Waals surface area contributed by atoms with Crippen molar-refractivity contribution in [2.75, 3.05) is 26.2 Å². The Morgan fingerprint density at radius 2 is 2.03 bits per heavy atom. The van der Waals surface area contributed by atoms with Crippen molar-refractivity contribution < 1.29 is 5.11 Å². The highest BCUT2D eigenvalue weighted by Gasteiger charge is 2.26. The highest BCUT2D eigenvalue weighted by molar-refractivity contribution is 7.11. The molecule has 2 aliphatic rings. The largest absolute Gasteiger partial charge is 0.395 e. The molecule has 1 aromatic rings. The molecule has 0 spiro atoms. The van der Waals surface area contributed by atoms with Crippen LogP contribution in [0.3, 0.4) is 0 Å². The Labute approximate surface area is 201 Å². The molecular weight excluding hydrogens is 412 g/mol. The fourth-order valence-corrected chi connectivity index (χ4v) is 6.79. The summed E-state index contributed by atoms with van der Waals surface area (Å²) in [6.45, 7) is 14.3. The van der Waals surface area contributed by atoms with E-state index >= 15 is 0 Å². The van der Waals surface area contributed by atoms with Crippen LogP contribution in [-0.4, -0.2) is 41.2 Å². The van der Waals surface area contributed by atoms with Gasteiger partial charge < -0.3 is 5.11 Å². The van der Waals surface area contributed by atoms with Gasteiger partial charge >= 0.3 is 0 Å². The van der Waals surface area contributed by atoms with E-state index < -0.39 is 0 Å². The molecule has 1 fully saturated rings. The number of rotatable bonds is 13. The highest BCUT2D eigenvalue weighted by atomic mass is 32.1. The quantitative estimate of drug-likeness (QED) is 0.332. The van der Waals surface area contributed by atoms with E-state index in [4.69, 9.17) is 4.98 Å². The molecule has 4 heteroatoms. The maximum absolute atomic E-state index is 9.41. The lowest BCUT2D eigenvalue weighted by atomic mass is 9.75. The molecule has 1 N–H and O–H groups in total. The summed E-state index contributed by atoms with van der Waals surface area (Å²) in [7, 11) is 0. The third-order valence-electron chi connectivity index (χ3n) is 7.55. The van der Waals surface area contributed by atoms with Gasteiger partial charge in [-0.25, -0.2) is 4.98 Å². The van der Waals surface area contributed by atoms with Gasteiger partial charge in [0.15, 0.2) is 0 Å². The molecule has 0 aliphatic heterocycles. The number of aryl methyl sites for hydroxylation is 1. The van der Waals surface area contributed by atoms with Gasteiger partial charge in [0, 0.05) is 18.0 Å². The molecule has 1 aromatic heterocycles. The summed E-state index contributed by atoms with van der Waals surface area (Å²) < 4.78 is 0. The van der Waals surface area contributed by atoms with Gasteiger partial charge in [0.25, 0.3) is 0 Å². The predicted octanol–water partition coefficient (Wildman–Crippen LogP) is 6.76. The fraction of sp³-hybridized carbons (Fsp3) is 0.750. The van der Waals surface area contributed by atoms with E-state index in [-0.39, 0.29) is 6.61 Å². The molecule has 0 amide bonds.